The first-order valence-corrected chi connectivity index (χ1v) is 7.96. The molecule has 0 heterocycles. The van der Waals surface area contributed by atoms with Crippen LogP contribution in [0.3, 0.4) is 0 Å². The fourth-order valence-electron chi connectivity index (χ4n) is 1.97. The zero-order valence-corrected chi connectivity index (χ0v) is 13.5. The maximum absolute atomic E-state index is 12.1. The third kappa shape index (κ3) is 4.20. The number of hydrogen-bond donors (Lipinski definition) is 0. The van der Waals surface area contributed by atoms with Crippen LogP contribution in [0.4, 0.5) is 5.69 Å². The maximum Gasteiger partial charge on any atom is 0.269 e. The van der Waals surface area contributed by atoms with Crippen LogP contribution in [0.2, 0.25) is 0 Å². The van der Waals surface area contributed by atoms with E-state index in [-0.39, 0.29) is 11.5 Å². The molecule has 0 unspecified atom stereocenters. The Hall–Kier alpha value is -2.60. The number of non-ortho nitro benzene ring substituents is 1. The molecular formula is C17H15NO4S. The van der Waals surface area contributed by atoms with Gasteiger partial charge in [0.05, 0.1) is 12.0 Å². The summed E-state index contributed by atoms with van der Waals surface area (Å²) in [6.45, 7) is 0. The Bertz CT molecular complexity index is 754. The molecule has 2 aromatic rings. The van der Waals surface area contributed by atoms with E-state index in [1.807, 2.05) is 24.5 Å². The number of nitrogens with zero attached hydrogens (tertiary/aromatic N) is 1. The molecule has 0 fully saturated rings. The van der Waals surface area contributed by atoms with Crippen molar-refractivity contribution in [2.45, 2.75) is 4.90 Å². The zero-order chi connectivity index (χ0) is 16.8. The zero-order valence-electron chi connectivity index (χ0n) is 12.7. The molecule has 0 radical (unpaired) electrons. The van der Waals surface area contributed by atoms with E-state index in [0.717, 1.165) is 16.2 Å². The molecule has 2 aromatic carbocycles. The first-order chi connectivity index (χ1) is 11.0. The molecule has 0 amide bonds. The fourth-order valence-corrected chi connectivity index (χ4v) is 2.52. The number of rotatable bonds is 6. The van der Waals surface area contributed by atoms with Crippen LogP contribution < -0.4 is 4.74 Å². The van der Waals surface area contributed by atoms with Gasteiger partial charge in [-0.25, -0.2) is 0 Å². The van der Waals surface area contributed by atoms with Gasteiger partial charge < -0.3 is 4.74 Å². The van der Waals surface area contributed by atoms with E-state index in [0.29, 0.717) is 5.56 Å². The summed E-state index contributed by atoms with van der Waals surface area (Å²) in [6.07, 6.45) is 5.09. The van der Waals surface area contributed by atoms with Gasteiger partial charge in [0.1, 0.15) is 5.75 Å². The molecule has 0 N–H and O–H groups in total. The van der Waals surface area contributed by atoms with Crippen LogP contribution in [0.15, 0.2) is 53.4 Å². The van der Waals surface area contributed by atoms with Crippen molar-refractivity contribution in [3.8, 4) is 5.75 Å². The number of ether oxygens (including phenoxy) is 1. The van der Waals surface area contributed by atoms with Crippen molar-refractivity contribution >= 4 is 29.3 Å². The highest BCUT2D eigenvalue weighted by molar-refractivity contribution is 7.98. The van der Waals surface area contributed by atoms with Crippen LogP contribution in [-0.4, -0.2) is 24.1 Å². The number of carbonyl (C=O) groups is 1. The van der Waals surface area contributed by atoms with Gasteiger partial charge in [-0.05, 0) is 42.2 Å². The van der Waals surface area contributed by atoms with Crippen LogP contribution in [0, 0.1) is 10.1 Å². The quantitative estimate of drug-likeness (QED) is 0.261. The molecular weight excluding hydrogens is 314 g/mol. The minimum atomic E-state index is -0.496. The lowest BCUT2D eigenvalue weighted by molar-refractivity contribution is -0.384. The van der Waals surface area contributed by atoms with Crippen molar-refractivity contribution in [2.24, 2.45) is 0 Å². The van der Waals surface area contributed by atoms with E-state index in [9.17, 15) is 14.9 Å². The number of ketones is 1. The van der Waals surface area contributed by atoms with Gasteiger partial charge >= 0.3 is 0 Å². The molecule has 0 aliphatic heterocycles. The number of hydrogen-bond acceptors (Lipinski definition) is 5. The molecule has 118 valence electrons. The highest BCUT2D eigenvalue weighted by atomic mass is 32.2. The second-order valence-corrected chi connectivity index (χ2v) is 5.46. The van der Waals surface area contributed by atoms with E-state index in [2.05, 4.69) is 0 Å². The second-order valence-electron chi connectivity index (χ2n) is 4.62. The number of nitro benzene ring substituents is 1. The van der Waals surface area contributed by atoms with E-state index in [4.69, 9.17) is 4.74 Å². The summed E-state index contributed by atoms with van der Waals surface area (Å²) in [5.74, 6) is 0.537. The van der Waals surface area contributed by atoms with Crippen LogP contribution in [0.5, 0.6) is 5.75 Å². The normalized spacial score (nSPS) is 10.7. The van der Waals surface area contributed by atoms with Crippen molar-refractivity contribution in [3.05, 3.63) is 69.8 Å². The monoisotopic (exact) mass is 329 g/mol. The molecule has 6 heteroatoms. The Balaban J connectivity index is 2.16. The Morgan fingerprint density at radius 3 is 2.48 bits per heavy atom. The molecule has 0 saturated heterocycles. The van der Waals surface area contributed by atoms with Crippen molar-refractivity contribution in [3.63, 3.8) is 0 Å². The van der Waals surface area contributed by atoms with Crippen LogP contribution in [0.1, 0.15) is 15.9 Å². The van der Waals surface area contributed by atoms with E-state index in [1.54, 1.807) is 24.9 Å². The van der Waals surface area contributed by atoms with E-state index in [1.165, 1.54) is 30.3 Å². The lowest BCUT2D eigenvalue weighted by Crippen LogP contribution is -1.95. The van der Waals surface area contributed by atoms with Gasteiger partial charge in [0.25, 0.3) is 5.69 Å². The smallest absolute Gasteiger partial charge is 0.269 e. The summed E-state index contributed by atoms with van der Waals surface area (Å²) in [4.78, 5) is 23.2. The van der Waals surface area contributed by atoms with Crippen molar-refractivity contribution in [2.75, 3.05) is 13.4 Å². The molecule has 0 bridgehead atoms. The fraction of sp³-hybridized carbons (Fsp3) is 0.118. The number of carbonyl (C=O) groups excluding carboxylic acids is 1. The van der Waals surface area contributed by atoms with Crippen molar-refractivity contribution in [1.82, 2.24) is 0 Å². The summed E-state index contributed by atoms with van der Waals surface area (Å²) in [7, 11) is 1.60. The predicted molar refractivity (Wildman–Crippen MR) is 91.2 cm³/mol. The second kappa shape index (κ2) is 7.60. The third-order valence-corrected chi connectivity index (χ3v) is 3.97. The average molecular weight is 329 g/mol. The van der Waals surface area contributed by atoms with Crippen molar-refractivity contribution in [1.29, 1.82) is 0 Å². The molecule has 0 aliphatic carbocycles. The van der Waals surface area contributed by atoms with Crippen LogP contribution in [-0.2, 0) is 0 Å². The third-order valence-electron chi connectivity index (χ3n) is 3.20. The van der Waals surface area contributed by atoms with Crippen molar-refractivity contribution < 1.29 is 14.5 Å². The summed E-state index contributed by atoms with van der Waals surface area (Å²) >= 11 is 1.58. The van der Waals surface area contributed by atoms with Gasteiger partial charge in [-0.1, -0.05) is 12.1 Å². The molecule has 0 aliphatic rings. The molecule has 0 atom stereocenters. The number of allylic oxidation sites excluding steroid dienone is 1. The lowest BCUT2D eigenvalue weighted by atomic mass is 10.1. The summed E-state index contributed by atoms with van der Waals surface area (Å²) in [6, 6.07) is 11.2. The number of benzene rings is 2. The first-order valence-electron chi connectivity index (χ1n) is 6.74. The highest BCUT2D eigenvalue weighted by Gasteiger charge is 2.07. The highest BCUT2D eigenvalue weighted by Crippen LogP contribution is 2.28. The van der Waals surface area contributed by atoms with Crippen LogP contribution >= 0.6 is 11.8 Å². The molecule has 0 aromatic heterocycles. The molecule has 0 saturated carbocycles. The topological polar surface area (TPSA) is 69.4 Å². The first kappa shape index (κ1) is 16.8. The van der Waals surface area contributed by atoms with Gasteiger partial charge in [-0.3, -0.25) is 14.9 Å². The minimum Gasteiger partial charge on any atom is -0.496 e. The van der Waals surface area contributed by atoms with Gasteiger partial charge in [-0.15, -0.1) is 11.8 Å². The Morgan fingerprint density at radius 2 is 1.91 bits per heavy atom. The average Bonchev–Trinajstić information content (AvgIpc) is 2.59. The van der Waals surface area contributed by atoms with Gasteiger partial charge in [-0.2, -0.15) is 0 Å². The molecule has 23 heavy (non-hydrogen) atoms. The van der Waals surface area contributed by atoms with Gasteiger partial charge in [0.2, 0.25) is 0 Å². The standard InChI is InChI=1S/C17H15NO4S/c1-22-16-11-12(4-10-17(16)23-2)3-9-15(19)13-5-7-14(8-6-13)18(20)21/h3-11H,1-2H3. The Kier molecular flexibility index (Phi) is 5.54. The van der Waals surface area contributed by atoms with Gasteiger partial charge in [0, 0.05) is 22.6 Å². The maximum atomic E-state index is 12.1. The number of thioether (sulfide) groups is 1. The predicted octanol–water partition coefficient (Wildman–Crippen LogP) is 4.22. The Morgan fingerprint density at radius 1 is 1.22 bits per heavy atom. The number of methoxy groups -OCH3 is 1. The Labute approximate surface area is 138 Å². The molecule has 0 spiro atoms. The summed E-state index contributed by atoms with van der Waals surface area (Å²) in [5, 5.41) is 10.6. The largest absolute Gasteiger partial charge is 0.496 e. The van der Waals surface area contributed by atoms with E-state index < -0.39 is 4.92 Å². The van der Waals surface area contributed by atoms with Crippen LogP contribution in [0.25, 0.3) is 6.08 Å². The number of nitro groups is 1. The summed E-state index contributed by atoms with van der Waals surface area (Å²) in [5.41, 5.74) is 1.21. The minimum absolute atomic E-state index is 0.0390. The van der Waals surface area contributed by atoms with Gasteiger partial charge in [0.15, 0.2) is 5.78 Å². The lowest BCUT2D eigenvalue weighted by Gasteiger charge is -2.06. The summed E-state index contributed by atoms with van der Waals surface area (Å²) < 4.78 is 5.30. The molecule has 5 nitrogen and oxygen atoms in total. The SMILES string of the molecule is COc1cc(C=CC(=O)c2ccc([N+](=O)[O-])cc2)ccc1SC. The molecule has 2 rings (SSSR count). The van der Waals surface area contributed by atoms with E-state index >= 15 is 0 Å².